The van der Waals surface area contributed by atoms with Crippen molar-refractivity contribution in [1.29, 1.82) is 0 Å². The molecule has 3 rings (SSSR count). The molecule has 0 aromatic heterocycles. The van der Waals surface area contributed by atoms with E-state index in [1.54, 1.807) is 0 Å². The van der Waals surface area contributed by atoms with Crippen LogP contribution in [0.2, 0.25) is 0 Å². The number of halogens is 1. The zero-order valence-electron chi connectivity index (χ0n) is 10.8. The fourth-order valence-electron chi connectivity index (χ4n) is 2.47. The van der Waals surface area contributed by atoms with Crippen LogP contribution >= 0.6 is 15.9 Å². The van der Waals surface area contributed by atoms with Crippen molar-refractivity contribution in [2.75, 3.05) is 5.32 Å². The van der Waals surface area contributed by atoms with Crippen molar-refractivity contribution in [3.63, 3.8) is 0 Å². The third-order valence-corrected chi connectivity index (χ3v) is 3.96. The van der Waals surface area contributed by atoms with Gasteiger partial charge in [-0.05, 0) is 30.2 Å². The number of nitrogens with one attached hydrogen (secondary N) is 1. The molecule has 2 unspecified atom stereocenters. The van der Waals surface area contributed by atoms with E-state index in [-0.39, 0.29) is 6.10 Å². The Bertz CT molecular complexity index is 570. The van der Waals surface area contributed by atoms with E-state index in [2.05, 4.69) is 58.5 Å². The lowest BCUT2D eigenvalue weighted by molar-refractivity contribution is 0.168. The van der Waals surface area contributed by atoms with E-state index in [1.165, 1.54) is 5.56 Å². The second-order valence-electron chi connectivity index (χ2n) is 4.75. The molecular weight excluding hydrogens is 302 g/mol. The summed E-state index contributed by atoms with van der Waals surface area (Å²) in [5.74, 6) is 0.918. The highest BCUT2D eigenvalue weighted by Crippen LogP contribution is 2.39. The van der Waals surface area contributed by atoms with Gasteiger partial charge in [0.05, 0.1) is 11.7 Å². The Morgan fingerprint density at radius 3 is 2.68 bits per heavy atom. The molecule has 2 aromatic rings. The monoisotopic (exact) mass is 317 g/mol. The topological polar surface area (TPSA) is 21.3 Å². The number of rotatable bonds is 2. The molecule has 1 aliphatic rings. The van der Waals surface area contributed by atoms with Crippen LogP contribution in [0.25, 0.3) is 0 Å². The van der Waals surface area contributed by atoms with E-state index in [0.29, 0.717) is 6.04 Å². The van der Waals surface area contributed by atoms with Crippen LogP contribution < -0.4 is 10.1 Å². The van der Waals surface area contributed by atoms with Gasteiger partial charge in [-0.15, -0.1) is 0 Å². The lowest BCUT2D eigenvalue weighted by Gasteiger charge is -2.35. The van der Waals surface area contributed by atoms with Crippen LogP contribution in [0.1, 0.15) is 25.0 Å². The molecule has 2 atom stereocenters. The normalized spacial score (nSPS) is 21.2. The second kappa shape index (κ2) is 5.25. The average Bonchev–Trinajstić information content (AvgIpc) is 2.46. The number of ether oxygens (including phenoxy) is 1. The molecule has 0 fully saturated rings. The van der Waals surface area contributed by atoms with Crippen molar-refractivity contribution in [3.8, 4) is 5.75 Å². The Balaban J connectivity index is 1.96. The van der Waals surface area contributed by atoms with E-state index in [0.717, 1.165) is 22.3 Å². The van der Waals surface area contributed by atoms with Crippen LogP contribution in [-0.2, 0) is 0 Å². The molecule has 2 aromatic carbocycles. The maximum Gasteiger partial charge on any atom is 0.144 e. The molecule has 0 radical (unpaired) electrons. The Kier molecular flexibility index (Phi) is 3.47. The fraction of sp³-hybridized carbons (Fsp3) is 0.250. The van der Waals surface area contributed by atoms with Gasteiger partial charge >= 0.3 is 0 Å². The Labute approximate surface area is 121 Å². The highest BCUT2D eigenvalue weighted by Gasteiger charge is 2.29. The minimum Gasteiger partial charge on any atom is -0.481 e. The summed E-state index contributed by atoms with van der Waals surface area (Å²) in [6.45, 7) is 2.18. The molecule has 0 amide bonds. The predicted molar refractivity (Wildman–Crippen MR) is 81.7 cm³/mol. The number of fused-ring (bicyclic) bond motifs is 1. The summed E-state index contributed by atoms with van der Waals surface area (Å²) < 4.78 is 7.26. The molecule has 2 nitrogen and oxygen atoms in total. The van der Waals surface area contributed by atoms with Crippen LogP contribution in [0.4, 0.5) is 5.69 Å². The van der Waals surface area contributed by atoms with Gasteiger partial charge in [0.2, 0.25) is 0 Å². The van der Waals surface area contributed by atoms with E-state index >= 15 is 0 Å². The van der Waals surface area contributed by atoms with Crippen LogP contribution in [0, 0.1) is 0 Å². The summed E-state index contributed by atoms with van der Waals surface area (Å²) >= 11 is 3.50. The first kappa shape index (κ1) is 12.5. The predicted octanol–water partition coefficient (Wildman–Crippen LogP) is 4.77. The number of anilines is 1. The van der Waals surface area contributed by atoms with Crippen LogP contribution in [0.15, 0.2) is 53.0 Å². The van der Waals surface area contributed by atoms with Crippen molar-refractivity contribution in [3.05, 3.63) is 58.6 Å². The lowest BCUT2D eigenvalue weighted by Crippen LogP contribution is -2.34. The van der Waals surface area contributed by atoms with Gasteiger partial charge in [0, 0.05) is 4.47 Å². The summed E-state index contributed by atoms with van der Waals surface area (Å²) in [7, 11) is 0. The van der Waals surface area contributed by atoms with Gasteiger partial charge in [0.15, 0.2) is 0 Å². The third-order valence-electron chi connectivity index (χ3n) is 3.47. The van der Waals surface area contributed by atoms with Crippen LogP contribution in [0.3, 0.4) is 0 Å². The summed E-state index contributed by atoms with van der Waals surface area (Å²) in [6, 6.07) is 16.8. The first-order valence-electron chi connectivity index (χ1n) is 6.55. The zero-order chi connectivity index (χ0) is 13.2. The molecule has 0 spiro atoms. The Hall–Kier alpha value is -1.48. The molecule has 0 aliphatic carbocycles. The molecule has 19 heavy (non-hydrogen) atoms. The largest absolute Gasteiger partial charge is 0.481 e. The molecule has 1 N–H and O–H groups in total. The average molecular weight is 318 g/mol. The molecule has 3 heteroatoms. The van der Waals surface area contributed by atoms with Gasteiger partial charge in [-0.2, -0.15) is 0 Å². The molecule has 0 saturated carbocycles. The maximum absolute atomic E-state index is 6.19. The smallest absolute Gasteiger partial charge is 0.144 e. The van der Waals surface area contributed by atoms with Gasteiger partial charge in [-0.1, -0.05) is 53.2 Å². The van der Waals surface area contributed by atoms with Crippen LogP contribution in [-0.4, -0.2) is 6.04 Å². The zero-order valence-corrected chi connectivity index (χ0v) is 12.4. The summed E-state index contributed by atoms with van der Waals surface area (Å²) in [6.07, 6.45) is 1.09. The fourth-order valence-corrected chi connectivity index (χ4v) is 2.83. The summed E-state index contributed by atoms with van der Waals surface area (Å²) in [5.41, 5.74) is 2.28. The molecule has 0 saturated heterocycles. The third kappa shape index (κ3) is 2.47. The van der Waals surface area contributed by atoms with E-state index in [1.807, 2.05) is 18.2 Å². The van der Waals surface area contributed by atoms with Crippen molar-refractivity contribution >= 4 is 21.6 Å². The quantitative estimate of drug-likeness (QED) is 0.861. The maximum atomic E-state index is 6.19. The van der Waals surface area contributed by atoms with Crippen molar-refractivity contribution in [2.45, 2.75) is 25.5 Å². The van der Waals surface area contributed by atoms with Crippen molar-refractivity contribution in [2.24, 2.45) is 0 Å². The van der Waals surface area contributed by atoms with Gasteiger partial charge in [-0.3, -0.25) is 0 Å². The second-order valence-corrected chi connectivity index (χ2v) is 5.66. The first-order chi connectivity index (χ1) is 9.28. The Morgan fingerprint density at radius 2 is 1.95 bits per heavy atom. The van der Waals surface area contributed by atoms with Crippen LogP contribution in [0.5, 0.6) is 5.75 Å². The van der Waals surface area contributed by atoms with Gasteiger partial charge in [0.1, 0.15) is 11.9 Å². The molecule has 98 valence electrons. The first-order valence-corrected chi connectivity index (χ1v) is 7.35. The standard InChI is InChI=1S/C16H16BrNO/c1-2-13-16(11-6-4-3-5-7-11)19-15-9-8-12(17)10-14(15)18-13/h3-10,13,16,18H,2H2,1H3. The highest BCUT2D eigenvalue weighted by atomic mass is 79.9. The van der Waals surface area contributed by atoms with Gasteiger partial charge < -0.3 is 10.1 Å². The lowest BCUT2D eigenvalue weighted by atomic mass is 9.98. The number of hydrogen-bond donors (Lipinski definition) is 1. The molecule has 1 aliphatic heterocycles. The molecule has 1 heterocycles. The molecular formula is C16H16BrNO. The van der Waals surface area contributed by atoms with E-state index in [4.69, 9.17) is 4.74 Å². The minimum absolute atomic E-state index is 0.0693. The SMILES string of the molecule is CCC1Nc2cc(Br)ccc2OC1c1ccccc1. The van der Waals surface area contributed by atoms with Crippen molar-refractivity contribution < 1.29 is 4.74 Å². The number of benzene rings is 2. The summed E-state index contributed by atoms with van der Waals surface area (Å²) in [5, 5.41) is 3.58. The summed E-state index contributed by atoms with van der Waals surface area (Å²) in [4.78, 5) is 0. The minimum atomic E-state index is 0.0693. The van der Waals surface area contributed by atoms with E-state index < -0.39 is 0 Å². The Morgan fingerprint density at radius 1 is 1.16 bits per heavy atom. The number of hydrogen-bond acceptors (Lipinski definition) is 2. The molecule has 0 bridgehead atoms. The van der Waals surface area contributed by atoms with E-state index in [9.17, 15) is 0 Å². The van der Waals surface area contributed by atoms with Gasteiger partial charge in [0.25, 0.3) is 0 Å². The highest BCUT2D eigenvalue weighted by molar-refractivity contribution is 9.10. The van der Waals surface area contributed by atoms with Gasteiger partial charge in [-0.25, -0.2) is 0 Å². The van der Waals surface area contributed by atoms with Crippen molar-refractivity contribution in [1.82, 2.24) is 0 Å².